The first-order valence-corrected chi connectivity index (χ1v) is 5.97. The molecule has 0 radical (unpaired) electrons. The van der Waals surface area contributed by atoms with Crippen LogP contribution in [0.1, 0.15) is 17.5 Å². The summed E-state index contributed by atoms with van der Waals surface area (Å²) < 4.78 is 9.81. The van der Waals surface area contributed by atoms with Crippen LogP contribution in [0.3, 0.4) is 0 Å². The average molecular weight is 271 g/mol. The summed E-state index contributed by atoms with van der Waals surface area (Å²) in [5, 5.41) is 8.81. The van der Waals surface area contributed by atoms with E-state index in [9.17, 15) is 9.59 Å². The smallest absolute Gasteiger partial charge is 0.328 e. The average Bonchev–Trinajstić information content (AvgIpc) is 2.49. The first kappa shape index (κ1) is 13.8. The molecule has 0 N–H and O–H groups in total. The molecule has 1 fully saturated rings. The molecule has 5 nitrogen and oxygen atoms in total. The maximum Gasteiger partial charge on any atom is 0.328 e. The van der Waals surface area contributed by atoms with Gasteiger partial charge in [-0.25, -0.2) is 0 Å². The molecule has 0 bridgehead atoms. The minimum absolute atomic E-state index is 0.105. The van der Waals surface area contributed by atoms with Crippen LogP contribution < -0.4 is 0 Å². The zero-order valence-electron chi connectivity index (χ0n) is 11.0. The lowest BCUT2D eigenvalue weighted by atomic mass is 9.74. The molecular weight excluding hydrogens is 258 g/mol. The summed E-state index contributed by atoms with van der Waals surface area (Å²) in [6.07, 6.45) is 0.143. The van der Waals surface area contributed by atoms with Gasteiger partial charge in [-0.3, -0.25) is 9.59 Å². The summed E-state index contributed by atoms with van der Waals surface area (Å²) in [4.78, 5) is 24.4. The predicted octanol–water partition coefficient (Wildman–Crippen LogP) is 1.47. The molecular formula is C15H13NO4. The van der Waals surface area contributed by atoms with E-state index < -0.39 is 17.4 Å². The van der Waals surface area contributed by atoms with E-state index in [-0.39, 0.29) is 13.0 Å². The Bertz CT molecular complexity index is 602. The zero-order chi connectivity index (χ0) is 14.8. The molecule has 0 spiro atoms. The lowest BCUT2D eigenvalue weighted by molar-refractivity contribution is -0.165. The number of methoxy groups -OCH3 is 1. The largest absolute Gasteiger partial charge is 0.468 e. The Morgan fingerprint density at radius 3 is 2.65 bits per heavy atom. The first-order chi connectivity index (χ1) is 9.54. The minimum Gasteiger partial charge on any atom is -0.468 e. The molecule has 0 amide bonds. The fourth-order valence-electron chi connectivity index (χ4n) is 2.29. The molecule has 0 aliphatic carbocycles. The fourth-order valence-corrected chi connectivity index (χ4v) is 2.29. The van der Waals surface area contributed by atoms with Crippen LogP contribution in [0.15, 0.2) is 36.4 Å². The number of hydrogen-bond acceptors (Lipinski definition) is 5. The Kier molecular flexibility index (Phi) is 3.57. The second-order valence-corrected chi connectivity index (χ2v) is 4.59. The molecule has 5 heteroatoms. The number of esters is 2. The van der Waals surface area contributed by atoms with Gasteiger partial charge in [-0.05, 0) is 23.3 Å². The van der Waals surface area contributed by atoms with E-state index in [1.165, 1.54) is 7.11 Å². The number of cyclic esters (lactones) is 1. The number of ether oxygens (including phenoxy) is 2. The summed E-state index contributed by atoms with van der Waals surface area (Å²) in [7, 11) is 1.22. The zero-order valence-corrected chi connectivity index (χ0v) is 11.0. The van der Waals surface area contributed by atoms with Gasteiger partial charge in [0.2, 0.25) is 0 Å². The van der Waals surface area contributed by atoms with Gasteiger partial charge in [0.25, 0.3) is 0 Å². The van der Waals surface area contributed by atoms with Crippen LogP contribution in [0.4, 0.5) is 0 Å². The lowest BCUT2D eigenvalue weighted by Gasteiger charge is -2.33. The third-order valence-corrected chi connectivity index (χ3v) is 3.31. The standard InChI is InChI=1S/C15H13NO4/c1-10-7-15(13(17)19-2,14(18)20-9-10)12-5-3-11(8-16)4-6-12/h3-6H,1,7,9H2,2H3. The van der Waals surface area contributed by atoms with Gasteiger partial charge in [-0.2, -0.15) is 5.26 Å². The number of rotatable bonds is 2. The molecule has 1 aliphatic heterocycles. The molecule has 1 aliphatic rings. The lowest BCUT2D eigenvalue weighted by Crippen LogP contribution is -2.49. The van der Waals surface area contributed by atoms with Crippen molar-refractivity contribution in [3.63, 3.8) is 0 Å². The molecule has 0 saturated carbocycles. The highest BCUT2D eigenvalue weighted by molar-refractivity contribution is 6.07. The molecule has 2 rings (SSSR count). The van der Waals surface area contributed by atoms with Crippen molar-refractivity contribution >= 4 is 11.9 Å². The first-order valence-electron chi connectivity index (χ1n) is 5.97. The van der Waals surface area contributed by atoms with E-state index >= 15 is 0 Å². The van der Waals surface area contributed by atoms with Gasteiger partial charge in [-0.15, -0.1) is 0 Å². The molecule has 0 aromatic heterocycles. The molecule has 1 heterocycles. The van der Waals surface area contributed by atoms with E-state index in [1.807, 2.05) is 6.07 Å². The third kappa shape index (κ3) is 2.05. The van der Waals surface area contributed by atoms with Gasteiger partial charge in [0.1, 0.15) is 6.61 Å². The van der Waals surface area contributed by atoms with E-state index in [0.29, 0.717) is 16.7 Å². The van der Waals surface area contributed by atoms with Crippen LogP contribution in [-0.4, -0.2) is 25.7 Å². The van der Waals surface area contributed by atoms with E-state index in [2.05, 4.69) is 6.58 Å². The maximum absolute atomic E-state index is 12.2. The van der Waals surface area contributed by atoms with Crippen molar-refractivity contribution in [1.29, 1.82) is 5.26 Å². The van der Waals surface area contributed by atoms with Crippen LogP contribution in [0.5, 0.6) is 0 Å². The van der Waals surface area contributed by atoms with Crippen molar-refractivity contribution in [2.75, 3.05) is 13.7 Å². The van der Waals surface area contributed by atoms with Crippen molar-refractivity contribution in [3.05, 3.63) is 47.5 Å². The predicted molar refractivity (Wildman–Crippen MR) is 69.6 cm³/mol. The normalized spacial score (nSPS) is 21.8. The quantitative estimate of drug-likeness (QED) is 0.462. The number of carbonyl (C=O) groups excluding carboxylic acids is 2. The van der Waals surface area contributed by atoms with Crippen molar-refractivity contribution in [1.82, 2.24) is 0 Å². The summed E-state index contributed by atoms with van der Waals surface area (Å²) in [5.41, 5.74) is -0.0109. The monoisotopic (exact) mass is 271 g/mol. The Balaban J connectivity index is 2.56. The van der Waals surface area contributed by atoms with Gasteiger partial charge < -0.3 is 9.47 Å². The Morgan fingerprint density at radius 2 is 2.10 bits per heavy atom. The molecule has 1 aromatic carbocycles. The van der Waals surface area contributed by atoms with Crippen molar-refractivity contribution < 1.29 is 19.1 Å². The van der Waals surface area contributed by atoms with Gasteiger partial charge in [-0.1, -0.05) is 18.7 Å². The van der Waals surface area contributed by atoms with Gasteiger partial charge in [0, 0.05) is 6.42 Å². The van der Waals surface area contributed by atoms with Crippen LogP contribution in [0, 0.1) is 11.3 Å². The van der Waals surface area contributed by atoms with Crippen molar-refractivity contribution in [2.45, 2.75) is 11.8 Å². The summed E-state index contributed by atoms with van der Waals surface area (Å²) in [6, 6.07) is 8.21. The molecule has 1 aromatic rings. The highest BCUT2D eigenvalue weighted by atomic mass is 16.6. The minimum atomic E-state index is -1.53. The van der Waals surface area contributed by atoms with Crippen molar-refractivity contribution in [3.8, 4) is 6.07 Å². The SMILES string of the molecule is C=C1COC(=O)C(C(=O)OC)(c2ccc(C#N)cc2)C1. The Morgan fingerprint density at radius 1 is 1.45 bits per heavy atom. The van der Waals surface area contributed by atoms with E-state index in [1.54, 1.807) is 24.3 Å². The van der Waals surface area contributed by atoms with Crippen LogP contribution in [0.2, 0.25) is 0 Å². The summed E-state index contributed by atoms with van der Waals surface area (Å²) in [5.74, 6) is -1.34. The topological polar surface area (TPSA) is 76.4 Å². The van der Waals surface area contributed by atoms with Crippen LogP contribution in [-0.2, 0) is 24.5 Å². The summed E-state index contributed by atoms with van der Waals surface area (Å²) >= 11 is 0. The van der Waals surface area contributed by atoms with Gasteiger partial charge in [0.05, 0.1) is 18.7 Å². The van der Waals surface area contributed by atoms with E-state index in [4.69, 9.17) is 14.7 Å². The van der Waals surface area contributed by atoms with E-state index in [0.717, 1.165) is 0 Å². The van der Waals surface area contributed by atoms with Crippen LogP contribution >= 0.6 is 0 Å². The molecule has 20 heavy (non-hydrogen) atoms. The molecule has 1 unspecified atom stereocenters. The Hall–Kier alpha value is -2.61. The molecule has 1 saturated heterocycles. The number of benzene rings is 1. The molecule has 1 atom stereocenters. The van der Waals surface area contributed by atoms with Crippen LogP contribution in [0.25, 0.3) is 0 Å². The number of carbonyl (C=O) groups is 2. The second-order valence-electron chi connectivity index (χ2n) is 4.59. The van der Waals surface area contributed by atoms with Crippen molar-refractivity contribution in [2.24, 2.45) is 0 Å². The Labute approximate surface area is 116 Å². The number of nitriles is 1. The third-order valence-electron chi connectivity index (χ3n) is 3.31. The highest BCUT2D eigenvalue weighted by Gasteiger charge is 2.52. The summed E-state index contributed by atoms with van der Waals surface area (Å²) in [6.45, 7) is 3.89. The number of hydrogen-bond donors (Lipinski definition) is 0. The van der Waals surface area contributed by atoms with Gasteiger partial charge >= 0.3 is 11.9 Å². The molecule has 102 valence electrons. The second kappa shape index (κ2) is 5.17. The highest BCUT2D eigenvalue weighted by Crippen LogP contribution is 2.37. The fraction of sp³-hybridized carbons (Fsp3) is 0.267. The van der Waals surface area contributed by atoms with Gasteiger partial charge in [0.15, 0.2) is 5.41 Å². The number of nitrogens with zero attached hydrogens (tertiary/aromatic N) is 1. The maximum atomic E-state index is 12.2.